The smallest absolute Gasteiger partial charge is 0.257 e. The highest BCUT2D eigenvalue weighted by molar-refractivity contribution is 7.89. The van der Waals surface area contributed by atoms with Crippen molar-refractivity contribution in [1.29, 1.82) is 0 Å². The molecule has 0 aliphatic heterocycles. The molecule has 0 spiro atoms. The zero-order valence-corrected chi connectivity index (χ0v) is 18.8. The number of nitrogens with two attached hydrogens (primary N) is 1. The lowest BCUT2D eigenvalue weighted by molar-refractivity contribution is 0.587. The van der Waals surface area contributed by atoms with Gasteiger partial charge in [0.25, 0.3) is 10.0 Å². The molecule has 0 unspecified atom stereocenters. The van der Waals surface area contributed by atoms with E-state index in [2.05, 4.69) is 25.5 Å². The summed E-state index contributed by atoms with van der Waals surface area (Å²) in [5.74, 6) is 0.516. The van der Waals surface area contributed by atoms with Gasteiger partial charge in [0.15, 0.2) is 11.6 Å². The molecule has 0 amide bonds. The van der Waals surface area contributed by atoms with Gasteiger partial charge in [-0.3, -0.25) is 5.43 Å². The standard InChI is InChI=1S/C24H24N6O2S/c1-17-12-14-20(15-13-17)33(31,32)30-29-24-21(25)23(26-16-27-24)28-22(18-8-4-2-5-9-18)19-10-6-3-7-11-19/h2-16,22,30H,25H2,1H3,(H2,26,27,28,29). The number of nitrogens with zero attached hydrogens (tertiary/aromatic N) is 2. The van der Waals surface area contributed by atoms with Crippen LogP contribution in [0.4, 0.5) is 17.3 Å². The Morgan fingerprint density at radius 2 is 1.33 bits per heavy atom. The Morgan fingerprint density at radius 1 is 0.788 bits per heavy atom. The van der Waals surface area contributed by atoms with Crippen LogP contribution in [0.1, 0.15) is 22.7 Å². The van der Waals surface area contributed by atoms with Crippen LogP contribution in [0.25, 0.3) is 0 Å². The molecular formula is C24H24N6O2S. The molecule has 1 aromatic heterocycles. The summed E-state index contributed by atoms with van der Waals surface area (Å²) in [4.78, 5) is 10.8. The van der Waals surface area contributed by atoms with E-state index in [1.807, 2.05) is 67.6 Å². The SMILES string of the molecule is Cc1ccc(S(=O)(=O)NNc2ncnc(NC(c3ccccc3)c3ccccc3)c2N)cc1. The minimum absolute atomic E-state index is 0.125. The van der Waals surface area contributed by atoms with Crippen LogP contribution in [0.15, 0.2) is 96.2 Å². The molecule has 0 saturated heterocycles. The van der Waals surface area contributed by atoms with Crippen LogP contribution in [0.3, 0.4) is 0 Å². The largest absolute Gasteiger partial charge is 0.393 e. The Kier molecular flexibility index (Phi) is 6.53. The summed E-state index contributed by atoms with van der Waals surface area (Å²) in [6.45, 7) is 1.89. The van der Waals surface area contributed by atoms with Crippen LogP contribution >= 0.6 is 0 Å². The molecule has 3 aromatic carbocycles. The lowest BCUT2D eigenvalue weighted by Gasteiger charge is -2.22. The molecule has 33 heavy (non-hydrogen) atoms. The molecule has 1 heterocycles. The number of nitrogen functional groups attached to an aromatic ring is 1. The van der Waals surface area contributed by atoms with Gasteiger partial charge in [-0.05, 0) is 30.2 Å². The average Bonchev–Trinajstić information content (AvgIpc) is 2.84. The van der Waals surface area contributed by atoms with Crippen molar-refractivity contribution >= 4 is 27.3 Å². The lowest BCUT2D eigenvalue weighted by Crippen LogP contribution is -2.30. The molecular weight excluding hydrogens is 436 g/mol. The normalized spacial score (nSPS) is 11.3. The third-order valence-electron chi connectivity index (χ3n) is 5.07. The highest BCUT2D eigenvalue weighted by atomic mass is 32.2. The van der Waals surface area contributed by atoms with Gasteiger partial charge < -0.3 is 11.1 Å². The molecule has 0 radical (unpaired) electrons. The highest BCUT2D eigenvalue weighted by Crippen LogP contribution is 2.30. The van der Waals surface area contributed by atoms with Gasteiger partial charge in [0.1, 0.15) is 12.0 Å². The van der Waals surface area contributed by atoms with Crippen LogP contribution in [0, 0.1) is 6.92 Å². The Morgan fingerprint density at radius 3 is 1.91 bits per heavy atom. The van der Waals surface area contributed by atoms with Crippen LogP contribution in [-0.2, 0) is 10.0 Å². The first-order valence-electron chi connectivity index (χ1n) is 10.3. The summed E-state index contributed by atoms with van der Waals surface area (Å²) < 4.78 is 25.2. The number of sulfonamides is 1. The zero-order valence-electron chi connectivity index (χ0n) is 17.9. The number of aromatic nitrogens is 2. The second-order valence-electron chi connectivity index (χ2n) is 7.43. The molecule has 0 bridgehead atoms. The van der Waals surface area contributed by atoms with Crippen LogP contribution in [-0.4, -0.2) is 18.4 Å². The van der Waals surface area contributed by atoms with E-state index in [-0.39, 0.29) is 22.4 Å². The zero-order chi connectivity index (χ0) is 23.3. The molecule has 0 atom stereocenters. The van der Waals surface area contributed by atoms with Crippen molar-refractivity contribution in [1.82, 2.24) is 14.8 Å². The van der Waals surface area contributed by atoms with Gasteiger partial charge in [-0.2, -0.15) is 0 Å². The number of hydrazine groups is 1. The van der Waals surface area contributed by atoms with Gasteiger partial charge >= 0.3 is 0 Å². The van der Waals surface area contributed by atoms with Crippen LogP contribution in [0.5, 0.6) is 0 Å². The van der Waals surface area contributed by atoms with E-state index in [4.69, 9.17) is 5.73 Å². The maximum atomic E-state index is 12.6. The van der Waals surface area contributed by atoms with Crippen molar-refractivity contribution in [2.24, 2.45) is 0 Å². The van der Waals surface area contributed by atoms with Crippen molar-refractivity contribution in [2.45, 2.75) is 17.9 Å². The predicted molar refractivity (Wildman–Crippen MR) is 130 cm³/mol. The molecule has 168 valence electrons. The van der Waals surface area contributed by atoms with Crippen molar-refractivity contribution in [3.05, 3.63) is 108 Å². The predicted octanol–water partition coefficient (Wildman–Crippen LogP) is 3.87. The molecule has 8 nitrogen and oxygen atoms in total. The number of nitrogens with one attached hydrogen (secondary N) is 3. The summed E-state index contributed by atoms with van der Waals surface area (Å²) >= 11 is 0. The molecule has 9 heteroatoms. The molecule has 0 saturated carbocycles. The first kappa shape index (κ1) is 22.3. The summed E-state index contributed by atoms with van der Waals surface area (Å²) in [6, 6.07) is 26.1. The van der Waals surface area contributed by atoms with Gasteiger partial charge in [-0.15, -0.1) is 4.83 Å². The maximum Gasteiger partial charge on any atom is 0.257 e. The Labute approximate surface area is 192 Å². The monoisotopic (exact) mass is 460 g/mol. The van der Waals surface area contributed by atoms with Gasteiger partial charge in [0.2, 0.25) is 0 Å². The first-order valence-corrected chi connectivity index (χ1v) is 11.7. The number of hydrogen-bond acceptors (Lipinski definition) is 7. The summed E-state index contributed by atoms with van der Waals surface area (Å²) in [5.41, 5.74) is 12.1. The second kappa shape index (κ2) is 9.68. The van der Waals surface area contributed by atoms with E-state index < -0.39 is 10.0 Å². The minimum atomic E-state index is -3.81. The van der Waals surface area contributed by atoms with E-state index in [9.17, 15) is 8.42 Å². The summed E-state index contributed by atoms with van der Waals surface area (Å²) in [7, 11) is -3.81. The number of benzene rings is 3. The van der Waals surface area contributed by atoms with Gasteiger partial charge in [0, 0.05) is 0 Å². The second-order valence-corrected chi connectivity index (χ2v) is 9.11. The van der Waals surface area contributed by atoms with Crippen molar-refractivity contribution < 1.29 is 8.42 Å². The third-order valence-corrected chi connectivity index (χ3v) is 6.33. The molecule has 0 aliphatic carbocycles. The molecule has 0 fully saturated rings. The van der Waals surface area contributed by atoms with Gasteiger partial charge in [0.05, 0.1) is 10.9 Å². The van der Waals surface area contributed by atoms with Gasteiger partial charge in [-0.25, -0.2) is 18.4 Å². The fourth-order valence-corrected chi connectivity index (χ4v) is 4.13. The summed E-state index contributed by atoms with van der Waals surface area (Å²) in [6.07, 6.45) is 1.31. The van der Waals surface area contributed by atoms with Crippen LogP contribution in [0.2, 0.25) is 0 Å². The van der Waals surface area contributed by atoms with E-state index in [0.29, 0.717) is 5.82 Å². The Balaban J connectivity index is 1.58. The van der Waals surface area contributed by atoms with E-state index in [1.54, 1.807) is 12.1 Å². The van der Waals surface area contributed by atoms with Gasteiger partial charge in [-0.1, -0.05) is 78.4 Å². The van der Waals surface area contributed by atoms with E-state index in [0.717, 1.165) is 16.7 Å². The van der Waals surface area contributed by atoms with Crippen LogP contribution < -0.4 is 21.3 Å². The summed E-state index contributed by atoms with van der Waals surface area (Å²) in [5, 5.41) is 3.36. The lowest BCUT2D eigenvalue weighted by atomic mass is 9.99. The maximum absolute atomic E-state index is 12.6. The molecule has 0 aliphatic rings. The van der Waals surface area contributed by atoms with Crippen molar-refractivity contribution in [2.75, 3.05) is 16.5 Å². The Bertz CT molecular complexity index is 1270. The fourth-order valence-electron chi connectivity index (χ4n) is 3.29. The van der Waals surface area contributed by atoms with Crippen molar-refractivity contribution in [3.63, 3.8) is 0 Å². The number of hydrogen-bond donors (Lipinski definition) is 4. The third kappa shape index (κ3) is 5.28. The fraction of sp³-hybridized carbons (Fsp3) is 0.0833. The number of aryl methyl sites for hydroxylation is 1. The average molecular weight is 461 g/mol. The highest BCUT2D eigenvalue weighted by Gasteiger charge is 2.19. The Hall–Kier alpha value is -3.95. The number of anilines is 3. The molecule has 4 rings (SSSR count). The molecule has 4 aromatic rings. The van der Waals surface area contributed by atoms with E-state index >= 15 is 0 Å². The quantitative estimate of drug-likeness (QED) is 0.294. The topological polar surface area (TPSA) is 122 Å². The number of rotatable bonds is 8. The first-order chi connectivity index (χ1) is 15.9. The van der Waals surface area contributed by atoms with Crippen molar-refractivity contribution in [3.8, 4) is 0 Å². The van der Waals surface area contributed by atoms with E-state index in [1.165, 1.54) is 18.5 Å². The molecule has 5 N–H and O–H groups in total. The minimum Gasteiger partial charge on any atom is -0.393 e.